The molecule has 0 saturated heterocycles. The lowest BCUT2D eigenvalue weighted by atomic mass is 9.98. The minimum Gasteiger partial charge on any atom is -0.349 e. The van der Waals surface area contributed by atoms with E-state index in [2.05, 4.69) is 10.4 Å². The molecule has 0 aromatic carbocycles. The van der Waals surface area contributed by atoms with Crippen LogP contribution in [0.4, 0.5) is 0 Å². The second-order valence-electron chi connectivity index (χ2n) is 4.49. The summed E-state index contributed by atoms with van der Waals surface area (Å²) in [6, 6.07) is 1.89. The molecule has 5 heteroatoms. The van der Waals surface area contributed by atoms with Gasteiger partial charge in [-0.05, 0) is 18.9 Å². The van der Waals surface area contributed by atoms with Gasteiger partial charge in [0.05, 0.1) is 17.8 Å². The Labute approximate surface area is 95.0 Å². The van der Waals surface area contributed by atoms with Crippen LogP contribution < -0.4 is 11.1 Å². The van der Waals surface area contributed by atoms with Crippen molar-refractivity contribution >= 4 is 5.91 Å². The quantitative estimate of drug-likeness (QED) is 0.773. The highest BCUT2D eigenvalue weighted by atomic mass is 16.2. The SMILES string of the molecule is Cn1nccc1CNC(=O)C1(N)CCCC1. The fraction of sp³-hybridized carbons (Fsp3) is 0.636. The highest BCUT2D eigenvalue weighted by Gasteiger charge is 2.36. The first-order chi connectivity index (χ1) is 7.62. The van der Waals surface area contributed by atoms with E-state index in [4.69, 9.17) is 5.73 Å². The summed E-state index contributed by atoms with van der Waals surface area (Å²) in [7, 11) is 1.86. The molecule has 5 nitrogen and oxygen atoms in total. The molecule has 88 valence electrons. The molecule has 1 heterocycles. The fourth-order valence-electron chi connectivity index (χ4n) is 2.15. The highest BCUT2D eigenvalue weighted by Crippen LogP contribution is 2.27. The number of nitrogens with zero attached hydrogens (tertiary/aromatic N) is 2. The molecule has 1 aromatic heterocycles. The number of carbonyl (C=O) groups is 1. The van der Waals surface area contributed by atoms with Gasteiger partial charge in [0.2, 0.25) is 5.91 Å². The molecule has 1 aliphatic carbocycles. The maximum atomic E-state index is 11.9. The van der Waals surface area contributed by atoms with Crippen LogP contribution >= 0.6 is 0 Å². The third-order valence-electron chi connectivity index (χ3n) is 3.30. The molecule has 1 saturated carbocycles. The van der Waals surface area contributed by atoms with Crippen LogP contribution in [0.25, 0.3) is 0 Å². The number of aryl methyl sites for hydroxylation is 1. The maximum Gasteiger partial charge on any atom is 0.240 e. The topological polar surface area (TPSA) is 72.9 Å². The summed E-state index contributed by atoms with van der Waals surface area (Å²) >= 11 is 0. The zero-order chi connectivity index (χ0) is 11.6. The molecule has 0 unspecified atom stereocenters. The van der Waals surface area contributed by atoms with Crippen molar-refractivity contribution < 1.29 is 4.79 Å². The van der Waals surface area contributed by atoms with Gasteiger partial charge >= 0.3 is 0 Å². The number of rotatable bonds is 3. The van der Waals surface area contributed by atoms with E-state index in [9.17, 15) is 4.79 Å². The fourth-order valence-corrected chi connectivity index (χ4v) is 2.15. The lowest BCUT2D eigenvalue weighted by Gasteiger charge is -2.22. The second kappa shape index (κ2) is 4.25. The smallest absolute Gasteiger partial charge is 0.240 e. The van der Waals surface area contributed by atoms with Gasteiger partial charge in [-0.25, -0.2) is 0 Å². The van der Waals surface area contributed by atoms with Gasteiger partial charge in [-0.1, -0.05) is 12.8 Å². The Kier molecular flexibility index (Phi) is 2.96. The molecule has 3 N–H and O–H groups in total. The van der Waals surface area contributed by atoms with E-state index >= 15 is 0 Å². The van der Waals surface area contributed by atoms with Crippen LogP contribution in [0.3, 0.4) is 0 Å². The number of hydrogen-bond donors (Lipinski definition) is 2. The van der Waals surface area contributed by atoms with Crippen molar-refractivity contribution in [1.82, 2.24) is 15.1 Å². The molecule has 1 aromatic rings. The summed E-state index contributed by atoms with van der Waals surface area (Å²) in [5.41, 5.74) is 6.39. The first-order valence-corrected chi connectivity index (χ1v) is 5.66. The predicted octanol–water partition coefficient (Wildman–Crippen LogP) is 0.308. The van der Waals surface area contributed by atoms with Crippen molar-refractivity contribution in [2.75, 3.05) is 0 Å². The molecule has 1 amide bonds. The first kappa shape index (κ1) is 11.1. The molecule has 1 aliphatic rings. The van der Waals surface area contributed by atoms with Crippen LogP contribution in [-0.2, 0) is 18.4 Å². The van der Waals surface area contributed by atoms with Gasteiger partial charge in [-0.2, -0.15) is 5.10 Å². The number of nitrogens with one attached hydrogen (secondary N) is 1. The first-order valence-electron chi connectivity index (χ1n) is 5.66. The Bertz CT molecular complexity index is 379. The monoisotopic (exact) mass is 222 g/mol. The minimum absolute atomic E-state index is 0.0359. The Hall–Kier alpha value is -1.36. The van der Waals surface area contributed by atoms with Crippen molar-refractivity contribution in [3.8, 4) is 0 Å². The van der Waals surface area contributed by atoms with Gasteiger partial charge in [0.15, 0.2) is 0 Å². The zero-order valence-corrected chi connectivity index (χ0v) is 9.57. The Morgan fingerprint density at radius 3 is 2.88 bits per heavy atom. The average molecular weight is 222 g/mol. The van der Waals surface area contributed by atoms with Crippen molar-refractivity contribution in [3.63, 3.8) is 0 Å². The van der Waals surface area contributed by atoms with Crippen LogP contribution in [0.1, 0.15) is 31.4 Å². The minimum atomic E-state index is -0.640. The largest absolute Gasteiger partial charge is 0.349 e. The molecule has 0 atom stereocenters. The van der Waals surface area contributed by atoms with Crippen molar-refractivity contribution in [2.45, 2.75) is 37.8 Å². The van der Waals surface area contributed by atoms with Crippen molar-refractivity contribution in [3.05, 3.63) is 18.0 Å². The van der Waals surface area contributed by atoms with E-state index in [0.717, 1.165) is 31.4 Å². The van der Waals surface area contributed by atoms with E-state index in [0.29, 0.717) is 6.54 Å². The third-order valence-corrected chi connectivity index (χ3v) is 3.30. The third kappa shape index (κ3) is 2.09. The van der Waals surface area contributed by atoms with Crippen LogP contribution in [0.2, 0.25) is 0 Å². The Balaban J connectivity index is 1.91. The summed E-state index contributed by atoms with van der Waals surface area (Å²) in [5.74, 6) is -0.0359. The summed E-state index contributed by atoms with van der Waals surface area (Å²) < 4.78 is 1.75. The lowest BCUT2D eigenvalue weighted by Crippen LogP contribution is -2.51. The summed E-state index contributed by atoms with van der Waals surface area (Å²) in [6.45, 7) is 0.494. The maximum absolute atomic E-state index is 11.9. The molecule has 0 bridgehead atoms. The van der Waals surface area contributed by atoms with E-state index in [1.54, 1.807) is 10.9 Å². The predicted molar refractivity (Wildman–Crippen MR) is 60.4 cm³/mol. The summed E-state index contributed by atoms with van der Waals surface area (Å²) in [5, 5.41) is 6.93. The number of amides is 1. The van der Waals surface area contributed by atoms with Gasteiger partial charge in [0.25, 0.3) is 0 Å². The lowest BCUT2D eigenvalue weighted by molar-refractivity contribution is -0.126. The molecular weight excluding hydrogens is 204 g/mol. The molecular formula is C11H18N4O. The van der Waals surface area contributed by atoms with E-state index in [1.165, 1.54) is 0 Å². The molecule has 0 spiro atoms. The van der Waals surface area contributed by atoms with Crippen molar-refractivity contribution in [2.24, 2.45) is 12.8 Å². The normalized spacial score (nSPS) is 18.6. The zero-order valence-electron chi connectivity index (χ0n) is 9.57. The standard InChI is InChI=1S/C11H18N4O/c1-15-9(4-7-14-15)8-13-10(16)11(12)5-2-3-6-11/h4,7H,2-3,5-6,8,12H2,1H3,(H,13,16). The van der Waals surface area contributed by atoms with Crippen LogP contribution in [0.5, 0.6) is 0 Å². The highest BCUT2D eigenvalue weighted by molar-refractivity contribution is 5.86. The van der Waals surface area contributed by atoms with E-state index in [1.807, 2.05) is 13.1 Å². The van der Waals surface area contributed by atoms with Crippen molar-refractivity contribution in [1.29, 1.82) is 0 Å². The number of aromatic nitrogens is 2. The summed E-state index contributed by atoms with van der Waals surface area (Å²) in [4.78, 5) is 11.9. The van der Waals surface area contributed by atoms with Crippen LogP contribution in [0.15, 0.2) is 12.3 Å². The van der Waals surface area contributed by atoms with E-state index in [-0.39, 0.29) is 5.91 Å². The number of carbonyl (C=O) groups excluding carboxylic acids is 1. The Morgan fingerprint density at radius 2 is 2.31 bits per heavy atom. The van der Waals surface area contributed by atoms with Gasteiger partial charge in [0.1, 0.15) is 0 Å². The second-order valence-corrected chi connectivity index (χ2v) is 4.49. The molecule has 0 radical (unpaired) electrons. The summed E-state index contributed by atoms with van der Waals surface area (Å²) in [6.07, 6.45) is 5.41. The van der Waals surface area contributed by atoms with E-state index < -0.39 is 5.54 Å². The van der Waals surface area contributed by atoms with Crippen LogP contribution in [0, 0.1) is 0 Å². The average Bonchev–Trinajstić information content (AvgIpc) is 2.85. The van der Waals surface area contributed by atoms with Gasteiger partial charge in [0, 0.05) is 13.2 Å². The van der Waals surface area contributed by atoms with Gasteiger partial charge in [-0.3, -0.25) is 9.48 Å². The van der Waals surface area contributed by atoms with Gasteiger partial charge < -0.3 is 11.1 Å². The molecule has 1 fully saturated rings. The molecule has 2 rings (SSSR count). The number of hydrogen-bond acceptors (Lipinski definition) is 3. The molecule has 16 heavy (non-hydrogen) atoms. The van der Waals surface area contributed by atoms with Crippen LogP contribution in [-0.4, -0.2) is 21.2 Å². The number of nitrogens with two attached hydrogens (primary N) is 1. The molecule has 0 aliphatic heterocycles. The van der Waals surface area contributed by atoms with Gasteiger partial charge in [-0.15, -0.1) is 0 Å². The Morgan fingerprint density at radius 1 is 1.62 bits per heavy atom.